The largest absolute Gasteiger partial charge is 0.445 e. The van der Waals surface area contributed by atoms with Crippen molar-refractivity contribution in [3.8, 4) is 10.6 Å². The number of hydrogen-bond donors (Lipinski definition) is 1. The third kappa shape index (κ3) is 4.56. The Balaban J connectivity index is 1.30. The lowest BCUT2D eigenvalue weighted by Gasteiger charge is -2.34. The molecule has 0 aliphatic carbocycles. The fourth-order valence-electron chi connectivity index (χ4n) is 3.67. The van der Waals surface area contributed by atoms with Crippen molar-refractivity contribution in [1.29, 1.82) is 0 Å². The van der Waals surface area contributed by atoms with Gasteiger partial charge in [0.2, 0.25) is 5.95 Å². The van der Waals surface area contributed by atoms with Crippen LogP contribution < -0.4 is 10.6 Å². The van der Waals surface area contributed by atoms with Crippen molar-refractivity contribution in [2.45, 2.75) is 6.61 Å². The van der Waals surface area contributed by atoms with Gasteiger partial charge in [-0.15, -0.1) is 0 Å². The second-order valence-corrected chi connectivity index (χ2v) is 8.58. The molecule has 0 bridgehead atoms. The van der Waals surface area contributed by atoms with Gasteiger partial charge in [0.15, 0.2) is 10.6 Å². The van der Waals surface area contributed by atoms with Crippen molar-refractivity contribution < 1.29 is 13.9 Å². The van der Waals surface area contributed by atoms with Crippen molar-refractivity contribution in [2.75, 3.05) is 36.8 Å². The Kier molecular flexibility index (Phi) is 5.74. The molecule has 1 saturated heterocycles. The van der Waals surface area contributed by atoms with Crippen LogP contribution in [0.4, 0.5) is 21.0 Å². The average molecular weight is 465 g/mol. The molecule has 2 N–H and O–H groups in total. The average Bonchev–Trinajstić information content (AvgIpc) is 3.27. The normalized spacial score (nSPS) is 14.0. The lowest BCUT2D eigenvalue weighted by atomic mass is 10.2. The first-order chi connectivity index (χ1) is 16.1. The maximum atomic E-state index is 13.3. The van der Waals surface area contributed by atoms with Gasteiger partial charge in [-0.1, -0.05) is 41.7 Å². The van der Waals surface area contributed by atoms with Gasteiger partial charge < -0.3 is 20.3 Å². The molecule has 0 saturated carbocycles. The van der Waals surface area contributed by atoms with Crippen molar-refractivity contribution in [2.24, 2.45) is 0 Å². The van der Waals surface area contributed by atoms with E-state index in [1.807, 2.05) is 30.3 Å². The van der Waals surface area contributed by atoms with Crippen LogP contribution in [-0.4, -0.2) is 52.1 Å². The zero-order valence-corrected chi connectivity index (χ0v) is 18.5. The molecule has 1 aliphatic heterocycles. The summed E-state index contributed by atoms with van der Waals surface area (Å²) < 4.78 is 18.7. The first-order valence-electron chi connectivity index (χ1n) is 10.5. The second-order valence-electron chi connectivity index (χ2n) is 7.60. The maximum Gasteiger partial charge on any atom is 0.410 e. The molecule has 5 rings (SSSR count). The number of anilines is 2. The van der Waals surface area contributed by atoms with Gasteiger partial charge in [0.1, 0.15) is 22.9 Å². The Morgan fingerprint density at radius 2 is 1.73 bits per heavy atom. The number of nitrogens with two attached hydrogens (primary N) is 1. The maximum absolute atomic E-state index is 13.3. The van der Waals surface area contributed by atoms with Gasteiger partial charge in [0.05, 0.1) is 0 Å². The Morgan fingerprint density at radius 1 is 1.00 bits per heavy atom. The van der Waals surface area contributed by atoms with E-state index in [0.29, 0.717) is 47.4 Å². The van der Waals surface area contributed by atoms with E-state index in [1.165, 1.54) is 23.5 Å². The topological polar surface area (TPSA) is 97.5 Å². The smallest absolute Gasteiger partial charge is 0.410 e. The molecule has 8 nitrogen and oxygen atoms in total. The number of benzene rings is 2. The van der Waals surface area contributed by atoms with E-state index in [2.05, 4.69) is 14.9 Å². The molecule has 0 radical (unpaired) electrons. The van der Waals surface area contributed by atoms with E-state index in [1.54, 1.807) is 17.0 Å². The lowest BCUT2D eigenvalue weighted by molar-refractivity contribution is 0.0941. The number of amides is 1. The van der Waals surface area contributed by atoms with E-state index in [0.717, 1.165) is 11.1 Å². The highest BCUT2D eigenvalue weighted by Gasteiger charge is 2.26. The number of ether oxygens (including phenoxy) is 1. The van der Waals surface area contributed by atoms with Gasteiger partial charge in [0.25, 0.3) is 0 Å². The predicted molar refractivity (Wildman–Crippen MR) is 125 cm³/mol. The molecule has 0 unspecified atom stereocenters. The SMILES string of the molecule is Nc1nc(N2CCN(C(=O)OCc3ccccc3)CC2)c2nc(-c3ccc(F)cc3)sc2n1. The third-order valence-electron chi connectivity index (χ3n) is 5.39. The van der Waals surface area contributed by atoms with Gasteiger partial charge >= 0.3 is 6.09 Å². The predicted octanol–water partition coefficient (Wildman–Crippen LogP) is 3.93. The van der Waals surface area contributed by atoms with Crippen molar-refractivity contribution in [3.05, 3.63) is 66.0 Å². The minimum absolute atomic E-state index is 0.163. The van der Waals surface area contributed by atoms with Crippen LogP contribution in [0.1, 0.15) is 5.56 Å². The Morgan fingerprint density at radius 3 is 2.45 bits per heavy atom. The fraction of sp³-hybridized carbons (Fsp3) is 0.217. The van der Waals surface area contributed by atoms with Crippen LogP contribution in [-0.2, 0) is 11.3 Å². The van der Waals surface area contributed by atoms with E-state index < -0.39 is 0 Å². The minimum atomic E-state index is -0.335. The molecule has 4 aromatic rings. The van der Waals surface area contributed by atoms with E-state index in [9.17, 15) is 9.18 Å². The molecule has 1 aliphatic rings. The molecule has 10 heteroatoms. The summed E-state index contributed by atoms with van der Waals surface area (Å²) in [6, 6.07) is 15.8. The number of piperazine rings is 1. The van der Waals surface area contributed by atoms with Crippen molar-refractivity contribution in [1.82, 2.24) is 19.9 Å². The zero-order valence-electron chi connectivity index (χ0n) is 17.6. The van der Waals surface area contributed by atoms with Crippen LogP contribution in [0.2, 0.25) is 0 Å². The summed E-state index contributed by atoms with van der Waals surface area (Å²) in [5.41, 5.74) is 8.36. The van der Waals surface area contributed by atoms with Crippen molar-refractivity contribution in [3.63, 3.8) is 0 Å². The van der Waals surface area contributed by atoms with Crippen LogP contribution in [0.5, 0.6) is 0 Å². The van der Waals surface area contributed by atoms with E-state index in [4.69, 9.17) is 15.5 Å². The first-order valence-corrected chi connectivity index (χ1v) is 11.3. The van der Waals surface area contributed by atoms with Gasteiger partial charge in [-0.2, -0.15) is 4.98 Å². The summed E-state index contributed by atoms with van der Waals surface area (Å²) in [5, 5.41) is 0.717. The Bertz CT molecular complexity index is 1270. The lowest BCUT2D eigenvalue weighted by Crippen LogP contribution is -2.49. The third-order valence-corrected chi connectivity index (χ3v) is 6.39. The Hall–Kier alpha value is -3.79. The first kappa shape index (κ1) is 21.1. The van der Waals surface area contributed by atoms with Gasteiger partial charge in [0, 0.05) is 31.7 Å². The van der Waals surface area contributed by atoms with E-state index >= 15 is 0 Å². The molecule has 33 heavy (non-hydrogen) atoms. The van der Waals surface area contributed by atoms with Crippen molar-refractivity contribution >= 4 is 39.5 Å². The van der Waals surface area contributed by atoms with Crippen LogP contribution in [0.25, 0.3) is 20.9 Å². The summed E-state index contributed by atoms with van der Waals surface area (Å²) in [4.78, 5) is 30.4. The number of thiazole rings is 1. The molecule has 3 heterocycles. The van der Waals surface area contributed by atoms with Gasteiger partial charge in [-0.3, -0.25) is 0 Å². The number of halogens is 1. The number of aromatic nitrogens is 3. The number of carbonyl (C=O) groups excluding carboxylic acids is 1. The molecule has 1 amide bonds. The number of fused-ring (bicyclic) bond motifs is 1. The molecule has 2 aromatic carbocycles. The number of rotatable bonds is 4. The summed E-state index contributed by atoms with van der Waals surface area (Å²) in [5.74, 6) is 0.501. The molecule has 0 spiro atoms. The van der Waals surface area contributed by atoms with Crippen LogP contribution in [0.15, 0.2) is 54.6 Å². The number of nitrogen functional groups attached to an aromatic ring is 1. The summed E-state index contributed by atoms with van der Waals surface area (Å²) in [6.45, 7) is 2.36. The number of carbonyl (C=O) groups is 1. The minimum Gasteiger partial charge on any atom is -0.445 e. The highest BCUT2D eigenvalue weighted by molar-refractivity contribution is 7.21. The number of hydrogen-bond acceptors (Lipinski definition) is 8. The Labute approximate surface area is 193 Å². The summed E-state index contributed by atoms with van der Waals surface area (Å²) in [6.07, 6.45) is -0.335. The molecular formula is C23H21FN6O2S. The van der Waals surface area contributed by atoms with Gasteiger partial charge in [-0.05, 0) is 29.8 Å². The standard InChI is InChI=1S/C23H21FN6O2S/c24-17-8-6-16(7-9-17)20-26-18-19(27-22(25)28-21(18)33-20)29-10-12-30(13-11-29)23(31)32-14-15-4-2-1-3-5-15/h1-9H,10-14H2,(H2,25,27,28). The molecule has 168 valence electrons. The highest BCUT2D eigenvalue weighted by atomic mass is 32.1. The summed E-state index contributed by atoms with van der Waals surface area (Å²) in [7, 11) is 0. The van der Waals surface area contributed by atoms with E-state index in [-0.39, 0.29) is 24.5 Å². The van der Waals surface area contributed by atoms with Crippen LogP contribution in [0, 0.1) is 5.82 Å². The molecule has 1 fully saturated rings. The monoisotopic (exact) mass is 464 g/mol. The molecular weight excluding hydrogens is 443 g/mol. The molecule has 2 aromatic heterocycles. The number of nitrogens with zero attached hydrogens (tertiary/aromatic N) is 5. The highest BCUT2D eigenvalue weighted by Crippen LogP contribution is 2.34. The summed E-state index contributed by atoms with van der Waals surface area (Å²) >= 11 is 1.38. The van der Waals surface area contributed by atoms with Gasteiger partial charge in [-0.25, -0.2) is 19.2 Å². The van der Waals surface area contributed by atoms with Crippen LogP contribution >= 0.6 is 11.3 Å². The molecule has 0 atom stereocenters. The quantitative estimate of drug-likeness (QED) is 0.489. The van der Waals surface area contributed by atoms with Crippen LogP contribution in [0.3, 0.4) is 0 Å². The second kappa shape index (κ2) is 8.99. The zero-order chi connectivity index (χ0) is 22.8. The fourth-order valence-corrected chi connectivity index (χ4v) is 4.62.